The molecular weight excluding hydrogens is 274 g/mol. The normalized spacial score (nSPS) is 14.9. The van der Waals surface area contributed by atoms with Gasteiger partial charge in [0.15, 0.2) is 0 Å². The van der Waals surface area contributed by atoms with E-state index in [-0.39, 0.29) is 0 Å². The molecule has 1 heterocycles. The van der Waals surface area contributed by atoms with Gasteiger partial charge in [-0.3, -0.25) is 0 Å². The summed E-state index contributed by atoms with van der Waals surface area (Å²) in [6.07, 6.45) is 3.44. The van der Waals surface area contributed by atoms with Gasteiger partial charge >= 0.3 is 0 Å². The highest BCUT2D eigenvalue weighted by molar-refractivity contribution is 7.99. The molecule has 1 aliphatic rings. The van der Waals surface area contributed by atoms with Gasteiger partial charge in [-0.2, -0.15) is 0 Å². The number of hydrogen-bond donors (Lipinski definition) is 1. The molecule has 0 bridgehead atoms. The van der Waals surface area contributed by atoms with E-state index in [0.717, 1.165) is 19.5 Å². The van der Waals surface area contributed by atoms with E-state index in [0.29, 0.717) is 0 Å². The monoisotopic (exact) mass is 295 g/mol. The zero-order valence-electron chi connectivity index (χ0n) is 12.6. The van der Waals surface area contributed by atoms with Crippen LogP contribution in [-0.2, 0) is 0 Å². The zero-order valence-corrected chi connectivity index (χ0v) is 13.5. The zero-order chi connectivity index (χ0) is 14.7. The molecule has 2 aromatic rings. The molecule has 1 aliphatic heterocycles. The lowest BCUT2D eigenvalue weighted by atomic mass is 10.0. The van der Waals surface area contributed by atoms with E-state index in [1.807, 2.05) is 11.8 Å². The van der Waals surface area contributed by atoms with Crippen molar-refractivity contribution >= 4 is 17.3 Å². The largest absolute Gasteiger partial charge is 0.313 e. The van der Waals surface area contributed by atoms with Gasteiger partial charge < -0.3 is 5.32 Å². The predicted molar refractivity (Wildman–Crippen MR) is 91.9 cm³/mol. The Labute approximate surface area is 131 Å². The maximum absolute atomic E-state index is 3.39. The van der Waals surface area contributed by atoms with Crippen LogP contribution in [0.15, 0.2) is 58.3 Å². The number of aryl methyl sites for hydroxylation is 2. The number of nitrogens with one attached hydrogen (secondary N) is 1. The van der Waals surface area contributed by atoms with E-state index < -0.39 is 0 Å². The van der Waals surface area contributed by atoms with Gasteiger partial charge in [0.2, 0.25) is 0 Å². The molecule has 2 aromatic carbocycles. The van der Waals surface area contributed by atoms with Crippen LogP contribution in [-0.4, -0.2) is 13.1 Å². The van der Waals surface area contributed by atoms with Gasteiger partial charge in [-0.15, -0.1) is 0 Å². The molecule has 0 saturated carbocycles. The molecule has 3 rings (SSSR count). The quantitative estimate of drug-likeness (QED) is 0.870. The van der Waals surface area contributed by atoms with Crippen LogP contribution in [0.3, 0.4) is 0 Å². The lowest BCUT2D eigenvalue weighted by Crippen LogP contribution is -2.20. The van der Waals surface area contributed by atoms with Gasteiger partial charge in [0.25, 0.3) is 0 Å². The topological polar surface area (TPSA) is 12.0 Å². The summed E-state index contributed by atoms with van der Waals surface area (Å²) in [5, 5.41) is 3.39. The third-order valence-corrected chi connectivity index (χ3v) is 4.77. The molecule has 0 atom stereocenters. The van der Waals surface area contributed by atoms with E-state index in [9.17, 15) is 0 Å². The minimum atomic E-state index is 0.984. The van der Waals surface area contributed by atoms with E-state index in [2.05, 4.69) is 67.7 Å². The van der Waals surface area contributed by atoms with Crippen molar-refractivity contribution in [2.45, 2.75) is 30.1 Å². The second-order valence-corrected chi connectivity index (χ2v) is 6.72. The summed E-state index contributed by atoms with van der Waals surface area (Å²) in [6, 6.07) is 15.5. The summed E-state index contributed by atoms with van der Waals surface area (Å²) >= 11 is 1.87. The molecule has 0 aromatic heterocycles. The predicted octanol–water partition coefficient (Wildman–Crippen LogP) is 4.83. The van der Waals surface area contributed by atoms with Crippen LogP contribution in [0.25, 0.3) is 5.57 Å². The van der Waals surface area contributed by atoms with Crippen LogP contribution in [0.2, 0.25) is 0 Å². The molecule has 1 N–H and O–H groups in total. The first-order chi connectivity index (χ1) is 10.2. The molecular formula is C19H21NS. The van der Waals surface area contributed by atoms with Gasteiger partial charge in [0.05, 0.1) is 0 Å². The molecule has 2 heteroatoms. The van der Waals surface area contributed by atoms with Crippen LogP contribution in [0.1, 0.15) is 23.1 Å². The van der Waals surface area contributed by atoms with E-state index in [4.69, 9.17) is 0 Å². The Morgan fingerprint density at radius 3 is 2.48 bits per heavy atom. The second kappa shape index (κ2) is 6.50. The van der Waals surface area contributed by atoms with E-state index in [1.54, 1.807) is 0 Å². The number of benzene rings is 2. The summed E-state index contributed by atoms with van der Waals surface area (Å²) in [6.45, 7) is 6.39. The first kappa shape index (κ1) is 14.4. The molecule has 0 radical (unpaired) electrons. The van der Waals surface area contributed by atoms with Gasteiger partial charge in [-0.05, 0) is 67.3 Å². The van der Waals surface area contributed by atoms with Crippen LogP contribution < -0.4 is 5.32 Å². The number of rotatable bonds is 3. The Kier molecular flexibility index (Phi) is 4.47. The first-order valence-corrected chi connectivity index (χ1v) is 8.29. The Bertz CT molecular complexity index is 653. The summed E-state index contributed by atoms with van der Waals surface area (Å²) in [5.41, 5.74) is 5.52. The van der Waals surface area contributed by atoms with Gasteiger partial charge in [0.1, 0.15) is 0 Å². The fraction of sp³-hybridized carbons (Fsp3) is 0.263. The third-order valence-electron chi connectivity index (χ3n) is 3.72. The van der Waals surface area contributed by atoms with Crippen molar-refractivity contribution in [3.05, 3.63) is 65.2 Å². The Morgan fingerprint density at radius 1 is 1.00 bits per heavy atom. The lowest BCUT2D eigenvalue weighted by molar-refractivity contribution is 0.737. The minimum absolute atomic E-state index is 0.984. The molecule has 1 nitrogen and oxygen atoms in total. The van der Waals surface area contributed by atoms with Crippen molar-refractivity contribution in [1.29, 1.82) is 0 Å². The second-order valence-electron chi connectivity index (χ2n) is 5.61. The average molecular weight is 295 g/mol. The molecule has 108 valence electrons. The van der Waals surface area contributed by atoms with Crippen molar-refractivity contribution in [2.75, 3.05) is 13.1 Å². The fourth-order valence-electron chi connectivity index (χ4n) is 2.81. The fourth-order valence-corrected chi connectivity index (χ4v) is 4.01. The maximum Gasteiger partial charge on any atom is 0.0197 e. The maximum atomic E-state index is 3.39. The molecule has 0 saturated heterocycles. The molecule has 0 fully saturated rings. The van der Waals surface area contributed by atoms with Crippen LogP contribution >= 0.6 is 11.8 Å². The van der Waals surface area contributed by atoms with Crippen molar-refractivity contribution in [3.63, 3.8) is 0 Å². The van der Waals surface area contributed by atoms with Crippen molar-refractivity contribution < 1.29 is 0 Å². The van der Waals surface area contributed by atoms with Gasteiger partial charge in [-0.25, -0.2) is 0 Å². The highest BCUT2D eigenvalue weighted by atomic mass is 32.2. The summed E-state index contributed by atoms with van der Waals surface area (Å²) in [4.78, 5) is 2.69. The summed E-state index contributed by atoms with van der Waals surface area (Å²) < 4.78 is 0. The molecule has 0 spiro atoms. The molecule has 21 heavy (non-hydrogen) atoms. The van der Waals surface area contributed by atoms with Gasteiger partial charge in [0, 0.05) is 16.3 Å². The lowest BCUT2D eigenvalue weighted by Gasteiger charge is -2.17. The van der Waals surface area contributed by atoms with Crippen molar-refractivity contribution in [2.24, 2.45) is 0 Å². The van der Waals surface area contributed by atoms with Crippen molar-refractivity contribution in [3.8, 4) is 0 Å². The molecule has 0 aliphatic carbocycles. The first-order valence-electron chi connectivity index (χ1n) is 7.48. The smallest absolute Gasteiger partial charge is 0.0197 e. The van der Waals surface area contributed by atoms with Crippen molar-refractivity contribution in [1.82, 2.24) is 5.32 Å². The van der Waals surface area contributed by atoms with Crippen LogP contribution in [0.5, 0.6) is 0 Å². The molecule has 0 unspecified atom stereocenters. The van der Waals surface area contributed by atoms with Gasteiger partial charge in [-0.1, -0.05) is 42.1 Å². The highest BCUT2D eigenvalue weighted by Crippen LogP contribution is 2.35. The Balaban J connectivity index is 1.93. The minimum Gasteiger partial charge on any atom is -0.313 e. The Hall–Kier alpha value is -1.51. The highest BCUT2D eigenvalue weighted by Gasteiger charge is 2.11. The van der Waals surface area contributed by atoms with Crippen LogP contribution in [0, 0.1) is 13.8 Å². The molecule has 0 amide bonds. The summed E-state index contributed by atoms with van der Waals surface area (Å²) in [7, 11) is 0. The SMILES string of the molecule is Cc1cc(C)cc(Sc2ccccc2C2=CCNCC2)c1. The van der Waals surface area contributed by atoms with E-state index >= 15 is 0 Å². The van der Waals surface area contributed by atoms with Crippen LogP contribution in [0.4, 0.5) is 0 Å². The third kappa shape index (κ3) is 3.58. The number of hydrogen-bond acceptors (Lipinski definition) is 2. The standard InChI is InChI=1S/C19H21NS/c1-14-11-15(2)13-17(12-14)21-19-6-4-3-5-18(19)16-7-9-20-10-8-16/h3-7,11-13,20H,8-10H2,1-2H3. The van der Waals surface area contributed by atoms with E-state index in [1.165, 1.54) is 32.1 Å². The Morgan fingerprint density at radius 2 is 1.76 bits per heavy atom. The summed E-state index contributed by atoms with van der Waals surface area (Å²) in [5.74, 6) is 0. The average Bonchev–Trinajstić information content (AvgIpc) is 2.48.